The first-order valence-electron chi connectivity index (χ1n) is 4.55. The third kappa shape index (κ3) is 1.37. The lowest BCUT2D eigenvalue weighted by molar-refractivity contribution is 0.445. The summed E-state index contributed by atoms with van der Waals surface area (Å²) < 4.78 is 2.13. The topological polar surface area (TPSA) is 29.9 Å². The second-order valence-electron chi connectivity index (χ2n) is 3.45. The normalized spacial score (nSPS) is 19.8. The Bertz CT molecular complexity index is 248. The lowest BCUT2D eigenvalue weighted by Gasteiger charge is -2.22. The molecule has 3 heteroatoms. The first kappa shape index (κ1) is 7.80. The maximum atomic E-state index is 4.14. The summed E-state index contributed by atoms with van der Waals surface area (Å²) in [4.78, 5) is 4.14. The van der Waals surface area contributed by atoms with E-state index in [0.29, 0.717) is 0 Å². The van der Waals surface area contributed by atoms with Crippen LogP contribution in [0.5, 0.6) is 0 Å². The summed E-state index contributed by atoms with van der Waals surface area (Å²) in [6.07, 6.45) is 6.38. The zero-order chi connectivity index (χ0) is 8.39. The molecular formula is C9H15N3. The summed E-state index contributed by atoms with van der Waals surface area (Å²) in [5.74, 6) is 0.721. The summed E-state index contributed by atoms with van der Waals surface area (Å²) in [6.45, 7) is 2.30. The van der Waals surface area contributed by atoms with Crippen LogP contribution >= 0.6 is 0 Å². The van der Waals surface area contributed by atoms with E-state index in [-0.39, 0.29) is 0 Å². The van der Waals surface area contributed by atoms with E-state index < -0.39 is 0 Å². The molecular weight excluding hydrogens is 150 g/mol. The van der Waals surface area contributed by atoms with Crippen LogP contribution in [0.4, 0.5) is 0 Å². The number of imidazole rings is 1. The number of aromatic nitrogens is 2. The van der Waals surface area contributed by atoms with Gasteiger partial charge < -0.3 is 9.88 Å². The molecule has 2 heterocycles. The van der Waals surface area contributed by atoms with Crippen LogP contribution < -0.4 is 5.32 Å². The average molecular weight is 165 g/mol. The Balaban J connectivity index is 2.13. The average Bonchev–Trinajstić information content (AvgIpc) is 2.53. The molecule has 1 aliphatic rings. The third-order valence-electron chi connectivity index (χ3n) is 2.61. The molecule has 0 spiro atoms. The van der Waals surface area contributed by atoms with Gasteiger partial charge in [0.25, 0.3) is 0 Å². The number of hydrogen-bond acceptors (Lipinski definition) is 2. The predicted octanol–water partition coefficient (Wildman–Crippen LogP) is 0.887. The molecule has 0 amide bonds. The number of nitrogens with one attached hydrogen (secondary N) is 1. The molecule has 1 aromatic heterocycles. The number of piperidine rings is 1. The lowest BCUT2D eigenvalue weighted by atomic mass is 9.95. The van der Waals surface area contributed by atoms with E-state index in [1.807, 2.05) is 12.5 Å². The van der Waals surface area contributed by atoms with Crippen molar-refractivity contribution < 1.29 is 0 Å². The first-order chi connectivity index (χ1) is 5.88. The number of hydrogen-bond donors (Lipinski definition) is 1. The highest BCUT2D eigenvalue weighted by Gasteiger charge is 2.17. The fourth-order valence-corrected chi connectivity index (χ4v) is 1.88. The van der Waals surface area contributed by atoms with Gasteiger partial charge in [0, 0.05) is 24.9 Å². The molecule has 1 fully saturated rings. The van der Waals surface area contributed by atoms with E-state index in [9.17, 15) is 0 Å². The van der Waals surface area contributed by atoms with Gasteiger partial charge in [-0.1, -0.05) is 0 Å². The number of rotatable bonds is 1. The highest BCUT2D eigenvalue weighted by molar-refractivity contribution is 5.06. The van der Waals surface area contributed by atoms with Crippen LogP contribution in [0.3, 0.4) is 0 Å². The molecule has 2 rings (SSSR count). The zero-order valence-corrected chi connectivity index (χ0v) is 7.45. The smallest absolute Gasteiger partial charge is 0.0945 e. The van der Waals surface area contributed by atoms with Gasteiger partial charge in [-0.3, -0.25) is 0 Å². The van der Waals surface area contributed by atoms with Gasteiger partial charge in [-0.2, -0.15) is 0 Å². The minimum absolute atomic E-state index is 0.721. The lowest BCUT2D eigenvalue weighted by Crippen LogP contribution is -2.27. The molecule has 3 nitrogen and oxygen atoms in total. The van der Waals surface area contributed by atoms with Crippen molar-refractivity contribution >= 4 is 0 Å². The van der Waals surface area contributed by atoms with Crippen molar-refractivity contribution in [1.82, 2.24) is 14.9 Å². The Morgan fingerprint density at radius 1 is 1.50 bits per heavy atom. The Morgan fingerprint density at radius 3 is 2.83 bits per heavy atom. The molecule has 0 unspecified atom stereocenters. The number of aryl methyl sites for hydroxylation is 1. The van der Waals surface area contributed by atoms with Crippen LogP contribution in [0.25, 0.3) is 0 Å². The molecule has 12 heavy (non-hydrogen) atoms. The second-order valence-corrected chi connectivity index (χ2v) is 3.45. The second kappa shape index (κ2) is 3.27. The van der Waals surface area contributed by atoms with E-state index >= 15 is 0 Å². The van der Waals surface area contributed by atoms with Gasteiger partial charge in [-0.05, 0) is 25.9 Å². The molecule has 1 aromatic rings. The molecule has 0 aliphatic carbocycles. The van der Waals surface area contributed by atoms with Crippen molar-refractivity contribution in [3.05, 3.63) is 18.2 Å². The van der Waals surface area contributed by atoms with Gasteiger partial charge in [0.05, 0.1) is 6.33 Å². The van der Waals surface area contributed by atoms with Gasteiger partial charge in [-0.25, -0.2) is 4.98 Å². The number of nitrogens with zero attached hydrogens (tertiary/aromatic N) is 2. The van der Waals surface area contributed by atoms with Crippen LogP contribution in [0.2, 0.25) is 0 Å². The van der Waals surface area contributed by atoms with Crippen LogP contribution in [0.1, 0.15) is 24.5 Å². The summed E-state index contributed by atoms with van der Waals surface area (Å²) in [5.41, 5.74) is 1.39. The molecule has 0 aromatic carbocycles. The quantitative estimate of drug-likeness (QED) is 0.669. The van der Waals surface area contributed by atoms with Crippen molar-refractivity contribution in [1.29, 1.82) is 0 Å². The van der Waals surface area contributed by atoms with Crippen LogP contribution in [-0.4, -0.2) is 22.6 Å². The van der Waals surface area contributed by atoms with Gasteiger partial charge in [-0.15, -0.1) is 0 Å². The van der Waals surface area contributed by atoms with E-state index in [1.54, 1.807) is 0 Å². The Labute approximate surface area is 72.8 Å². The van der Waals surface area contributed by atoms with Crippen molar-refractivity contribution in [2.45, 2.75) is 18.8 Å². The Morgan fingerprint density at radius 2 is 2.25 bits per heavy atom. The first-order valence-corrected chi connectivity index (χ1v) is 4.55. The summed E-state index contributed by atoms with van der Waals surface area (Å²) in [5, 5.41) is 3.37. The fourth-order valence-electron chi connectivity index (χ4n) is 1.88. The van der Waals surface area contributed by atoms with Crippen molar-refractivity contribution in [2.24, 2.45) is 7.05 Å². The molecule has 0 radical (unpaired) electrons. The van der Waals surface area contributed by atoms with Crippen molar-refractivity contribution in [3.63, 3.8) is 0 Å². The standard InChI is InChI=1S/C9H15N3/c1-12-7-11-6-9(12)8-2-4-10-5-3-8/h6-8,10H,2-5H2,1H3. The van der Waals surface area contributed by atoms with Gasteiger partial charge in [0.15, 0.2) is 0 Å². The van der Waals surface area contributed by atoms with Crippen molar-refractivity contribution in [3.8, 4) is 0 Å². The van der Waals surface area contributed by atoms with Crippen molar-refractivity contribution in [2.75, 3.05) is 13.1 Å². The predicted molar refractivity (Wildman–Crippen MR) is 48.1 cm³/mol. The SMILES string of the molecule is Cn1cncc1C1CCNCC1. The van der Waals surface area contributed by atoms with Crippen LogP contribution in [-0.2, 0) is 7.05 Å². The Hall–Kier alpha value is -0.830. The van der Waals surface area contributed by atoms with Crippen LogP contribution in [0.15, 0.2) is 12.5 Å². The minimum Gasteiger partial charge on any atom is -0.337 e. The Kier molecular flexibility index (Phi) is 2.13. The van der Waals surface area contributed by atoms with E-state index in [4.69, 9.17) is 0 Å². The molecule has 0 atom stereocenters. The highest BCUT2D eigenvalue weighted by atomic mass is 15.0. The van der Waals surface area contributed by atoms with E-state index in [2.05, 4.69) is 21.9 Å². The summed E-state index contributed by atoms with van der Waals surface area (Å²) >= 11 is 0. The summed E-state index contributed by atoms with van der Waals surface area (Å²) in [7, 11) is 2.07. The maximum absolute atomic E-state index is 4.14. The molecule has 1 N–H and O–H groups in total. The van der Waals surface area contributed by atoms with Gasteiger partial charge in [0.2, 0.25) is 0 Å². The largest absolute Gasteiger partial charge is 0.337 e. The van der Waals surface area contributed by atoms with E-state index in [0.717, 1.165) is 19.0 Å². The van der Waals surface area contributed by atoms with Gasteiger partial charge in [0.1, 0.15) is 0 Å². The fraction of sp³-hybridized carbons (Fsp3) is 0.667. The zero-order valence-electron chi connectivity index (χ0n) is 7.45. The molecule has 1 saturated heterocycles. The maximum Gasteiger partial charge on any atom is 0.0945 e. The van der Waals surface area contributed by atoms with E-state index in [1.165, 1.54) is 18.5 Å². The molecule has 0 bridgehead atoms. The highest BCUT2D eigenvalue weighted by Crippen LogP contribution is 2.23. The molecule has 66 valence electrons. The molecule has 1 aliphatic heterocycles. The van der Waals surface area contributed by atoms with Crippen LogP contribution in [0, 0.1) is 0 Å². The third-order valence-corrected chi connectivity index (χ3v) is 2.61. The monoisotopic (exact) mass is 165 g/mol. The molecule has 0 saturated carbocycles. The van der Waals surface area contributed by atoms with Gasteiger partial charge >= 0.3 is 0 Å². The summed E-state index contributed by atoms with van der Waals surface area (Å²) in [6, 6.07) is 0. The minimum atomic E-state index is 0.721.